The molecule has 4 nitrogen and oxygen atoms in total. The molecule has 0 saturated carbocycles. The summed E-state index contributed by atoms with van der Waals surface area (Å²) in [4.78, 5) is 13.9. The van der Waals surface area contributed by atoms with Gasteiger partial charge in [0, 0.05) is 31.1 Å². The second-order valence-electron chi connectivity index (χ2n) is 4.75. The molecule has 5 heteroatoms. The zero-order valence-corrected chi connectivity index (χ0v) is 13.6. The van der Waals surface area contributed by atoms with E-state index >= 15 is 0 Å². The standard InChI is InChI=1S/C15H22BrNO3/c1-12(13-3-5-14(16)6-4-13)11-15(19)17(7-9-18)8-10-20-2/h3-6,12,18H,7-11H2,1-2H3. The van der Waals surface area contributed by atoms with Gasteiger partial charge in [-0.3, -0.25) is 4.79 Å². The van der Waals surface area contributed by atoms with E-state index < -0.39 is 0 Å². The molecular weight excluding hydrogens is 322 g/mol. The minimum absolute atomic E-state index is 0.0257. The molecule has 0 aliphatic carbocycles. The minimum atomic E-state index is -0.0257. The Bertz CT molecular complexity index is 408. The molecular formula is C15H22BrNO3. The Kier molecular flexibility index (Phi) is 7.80. The normalized spacial score (nSPS) is 12.2. The quantitative estimate of drug-likeness (QED) is 0.788. The van der Waals surface area contributed by atoms with Crippen molar-refractivity contribution in [3.05, 3.63) is 34.3 Å². The largest absolute Gasteiger partial charge is 0.395 e. The predicted molar refractivity (Wildman–Crippen MR) is 82.7 cm³/mol. The highest BCUT2D eigenvalue weighted by Crippen LogP contribution is 2.22. The Morgan fingerprint density at radius 2 is 2.00 bits per heavy atom. The van der Waals surface area contributed by atoms with Crippen LogP contribution in [0.5, 0.6) is 0 Å². The molecule has 0 bridgehead atoms. The van der Waals surface area contributed by atoms with Crippen LogP contribution < -0.4 is 0 Å². The number of aliphatic hydroxyl groups is 1. The Balaban J connectivity index is 2.59. The Labute approximate surface area is 128 Å². The van der Waals surface area contributed by atoms with Gasteiger partial charge in [-0.2, -0.15) is 0 Å². The summed E-state index contributed by atoms with van der Waals surface area (Å²) in [6.45, 7) is 3.37. The second-order valence-corrected chi connectivity index (χ2v) is 5.67. The fourth-order valence-corrected chi connectivity index (χ4v) is 2.25. The first-order valence-corrected chi connectivity index (χ1v) is 7.50. The van der Waals surface area contributed by atoms with Gasteiger partial charge >= 0.3 is 0 Å². The summed E-state index contributed by atoms with van der Waals surface area (Å²) in [5.41, 5.74) is 1.14. The molecule has 1 rings (SSSR count). The van der Waals surface area contributed by atoms with Crippen LogP contribution in [0.2, 0.25) is 0 Å². The van der Waals surface area contributed by atoms with Crippen LogP contribution in [0.15, 0.2) is 28.7 Å². The zero-order valence-electron chi connectivity index (χ0n) is 12.0. The van der Waals surface area contributed by atoms with Crippen LogP contribution in [0.25, 0.3) is 0 Å². The highest BCUT2D eigenvalue weighted by atomic mass is 79.9. The molecule has 0 radical (unpaired) electrons. The number of hydrogen-bond acceptors (Lipinski definition) is 3. The van der Waals surface area contributed by atoms with Crippen molar-refractivity contribution in [2.24, 2.45) is 0 Å². The zero-order chi connectivity index (χ0) is 15.0. The van der Waals surface area contributed by atoms with Crippen LogP contribution in [0, 0.1) is 0 Å². The second kappa shape index (κ2) is 9.10. The number of aliphatic hydroxyl groups excluding tert-OH is 1. The molecule has 0 saturated heterocycles. The first kappa shape index (κ1) is 17.1. The number of methoxy groups -OCH3 is 1. The maximum Gasteiger partial charge on any atom is 0.223 e. The number of rotatable bonds is 8. The van der Waals surface area contributed by atoms with Gasteiger partial charge in [-0.05, 0) is 23.6 Å². The lowest BCUT2D eigenvalue weighted by atomic mass is 9.97. The Morgan fingerprint density at radius 1 is 1.35 bits per heavy atom. The number of hydrogen-bond donors (Lipinski definition) is 1. The Morgan fingerprint density at radius 3 is 2.55 bits per heavy atom. The van der Waals surface area contributed by atoms with Crippen LogP contribution in [-0.4, -0.2) is 49.3 Å². The average molecular weight is 344 g/mol. The van der Waals surface area contributed by atoms with Crippen molar-refractivity contribution in [3.8, 4) is 0 Å². The van der Waals surface area contributed by atoms with Gasteiger partial charge in [-0.25, -0.2) is 0 Å². The van der Waals surface area contributed by atoms with Crippen LogP contribution in [-0.2, 0) is 9.53 Å². The third-order valence-electron chi connectivity index (χ3n) is 3.21. The fourth-order valence-electron chi connectivity index (χ4n) is 1.98. The third kappa shape index (κ3) is 5.61. The molecule has 1 aromatic rings. The maximum atomic E-state index is 12.2. The van der Waals surface area contributed by atoms with Crippen molar-refractivity contribution in [2.45, 2.75) is 19.3 Å². The number of amides is 1. The van der Waals surface area contributed by atoms with Crippen molar-refractivity contribution in [1.29, 1.82) is 0 Å². The van der Waals surface area contributed by atoms with Crippen LogP contribution >= 0.6 is 15.9 Å². The average Bonchev–Trinajstić information content (AvgIpc) is 2.43. The first-order valence-electron chi connectivity index (χ1n) is 6.71. The molecule has 1 N–H and O–H groups in total. The van der Waals surface area contributed by atoms with Crippen LogP contribution in [0.4, 0.5) is 0 Å². The maximum absolute atomic E-state index is 12.2. The topological polar surface area (TPSA) is 49.8 Å². The van der Waals surface area contributed by atoms with Crippen molar-refractivity contribution in [1.82, 2.24) is 4.90 Å². The van der Waals surface area contributed by atoms with Gasteiger partial charge in [0.2, 0.25) is 5.91 Å². The summed E-state index contributed by atoms with van der Waals surface area (Å²) in [5.74, 6) is 0.200. The molecule has 0 aliphatic rings. The molecule has 0 heterocycles. The monoisotopic (exact) mass is 343 g/mol. The smallest absolute Gasteiger partial charge is 0.223 e. The van der Waals surface area contributed by atoms with E-state index in [0.717, 1.165) is 10.0 Å². The lowest BCUT2D eigenvalue weighted by Crippen LogP contribution is -2.36. The summed E-state index contributed by atoms with van der Waals surface area (Å²) in [6, 6.07) is 8.00. The van der Waals surface area contributed by atoms with Gasteiger partial charge in [0.15, 0.2) is 0 Å². The van der Waals surface area contributed by atoms with E-state index in [1.807, 2.05) is 31.2 Å². The molecule has 1 atom stereocenters. The summed E-state index contributed by atoms with van der Waals surface area (Å²) < 4.78 is 6.02. The van der Waals surface area contributed by atoms with Gasteiger partial charge in [0.05, 0.1) is 13.2 Å². The van der Waals surface area contributed by atoms with E-state index in [1.165, 1.54) is 0 Å². The number of carbonyl (C=O) groups excluding carboxylic acids is 1. The lowest BCUT2D eigenvalue weighted by molar-refractivity contribution is -0.132. The molecule has 1 unspecified atom stereocenters. The molecule has 0 spiro atoms. The molecule has 0 aliphatic heterocycles. The lowest BCUT2D eigenvalue weighted by Gasteiger charge is -2.23. The number of halogens is 1. The van der Waals surface area contributed by atoms with Crippen LogP contribution in [0.3, 0.4) is 0 Å². The summed E-state index contributed by atoms with van der Waals surface area (Å²) >= 11 is 3.40. The summed E-state index contributed by atoms with van der Waals surface area (Å²) in [7, 11) is 1.60. The van der Waals surface area contributed by atoms with Gasteiger partial charge in [-0.15, -0.1) is 0 Å². The van der Waals surface area contributed by atoms with Crippen LogP contribution in [0.1, 0.15) is 24.8 Å². The third-order valence-corrected chi connectivity index (χ3v) is 3.74. The van der Waals surface area contributed by atoms with E-state index in [4.69, 9.17) is 9.84 Å². The highest BCUT2D eigenvalue weighted by molar-refractivity contribution is 9.10. The van der Waals surface area contributed by atoms with Gasteiger partial charge in [0.1, 0.15) is 0 Å². The fraction of sp³-hybridized carbons (Fsp3) is 0.533. The predicted octanol–water partition coefficient (Wildman–Crippen LogP) is 2.41. The molecule has 112 valence electrons. The van der Waals surface area contributed by atoms with E-state index in [0.29, 0.717) is 26.1 Å². The van der Waals surface area contributed by atoms with Crippen molar-refractivity contribution >= 4 is 21.8 Å². The van der Waals surface area contributed by atoms with Gasteiger partial charge < -0.3 is 14.7 Å². The number of carbonyl (C=O) groups is 1. The SMILES string of the molecule is COCCN(CCO)C(=O)CC(C)c1ccc(Br)cc1. The van der Waals surface area contributed by atoms with Gasteiger partial charge in [0.25, 0.3) is 0 Å². The van der Waals surface area contributed by atoms with E-state index in [1.54, 1.807) is 12.0 Å². The molecule has 1 amide bonds. The minimum Gasteiger partial charge on any atom is -0.395 e. The first-order chi connectivity index (χ1) is 9.58. The van der Waals surface area contributed by atoms with Crippen molar-refractivity contribution < 1.29 is 14.6 Å². The van der Waals surface area contributed by atoms with Gasteiger partial charge in [-0.1, -0.05) is 35.0 Å². The highest BCUT2D eigenvalue weighted by Gasteiger charge is 2.17. The summed E-state index contributed by atoms with van der Waals surface area (Å²) in [6.07, 6.45) is 0.436. The molecule has 0 fully saturated rings. The van der Waals surface area contributed by atoms with E-state index in [2.05, 4.69) is 15.9 Å². The molecule has 1 aromatic carbocycles. The number of nitrogens with zero attached hydrogens (tertiary/aromatic N) is 1. The molecule has 20 heavy (non-hydrogen) atoms. The van der Waals surface area contributed by atoms with Crippen molar-refractivity contribution in [2.75, 3.05) is 33.4 Å². The molecule has 0 aromatic heterocycles. The number of ether oxygens (including phenoxy) is 1. The Hall–Kier alpha value is -0.910. The van der Waals surface area contributed by atoms with E-state index in [9.17, 15) is 4.79 Å². The number of benzene rings is 1. The summed E-state index contributed by atoms with van der Waals surface area (Å²) in [5, 5.41) is 9.03. The van der Waals surface area contributed by atoms with Crippen molar-refractivity contribution in [3.63, 3.8) is 0 Å². The van der Waals surface area contributed by atoms with E-state index in [-0.39, 0.29) is 18.4 Å².